The summed E-state index contributed by atoms with van der Waals surface area (Å²) in [6.45, 7) is 0. The van der Waals surface area contributed by atoms with E-state index in [0.29, 0.717) is 23.7 Å². The van der Waals surface area contributed by atoms with E-state index in [-0.39, 0.29) is 11.5 Å². The molecule has 0 spiro atoms. The zero-order valence-electron chi connectivity index (χ0n) is 15.7. The fourth-order valence-corrected chi connectivity index (χ4v) is 4.27. The molecule has 0 aliphatic heterocycles. The van der Waals surface area contributed by atoms with E-state index in [9.17, 15) is 9.59 Å². The van der Waals surface area contributed by atoms with Gasteiger partial charge in [-0.1, -0.05) is 36.4 Å². The van der Waals surface area contributed by atoms with Crippen molar-refractivity contribution in [2.24, 2.45) is 0 Å². The zero-order chi connectivity index (χ0) is 19.5. The molecule has 0 radical (unpaired) electrons. The molecule has 0 amide bonds. The van der Waals surface area contributed by atoms with E-state index in [0.717, 1.165) is 37.1 Å². The summed E-state index contributed by atoms with van der Waals surface area (Å²) >= 11 is 0. The van der Waals surface area contributed by atoms with Crippen molar-refractivity contribution in [2.45, 2.75) is 43.9 Å². The number of rotatable bonds is 4. The second kappa shape index (κ2) is 7.84. The highest BCUT2D eigenvalue weighted by Gasteiger charge is 2.27. The van der Waals surface area contributed by atoms with Gasteiger partial charge in [-0.2, -0.15) is 0 Å². The van der Waals surface area contributed by atoms with Crippen LogP contribution in [0.3, 0.4) is 0 Å². The largest absolute Gasteiger partial charge is 0.384 e. The minimum Gasteiger partial charge on any atom is -0.384 e. The molecule has 2 aromatic heterocycles. The van der Waals surface area contributed by atoms with Crippen LogP contribution >= 0.6 is 0 Å². The summed E-state index contributed by atoms with van der Waals surface area (Å²) in [5.41, 5.74) is 8.40. The lowest BCUT2D eigenvalue weighted by Crippen LogP contribution is -2.30. The van der Waals surface area contributed by atoms with E-state index in [4.69, 9.17) is 5.73 Å². The van der Waals surface area contributed by atoms with Crippen LogP contribution in [0, 0.1) is 0 Å². The van der Waals surface area contributed by atoms with Crippen molar-refractivity contribution in [3.8, 4) is 0 Å². The summed E-state index contributed by atoms with van der Waals surface area (Å²) in [5, 5.41) is 0. The van der Waals surface area contributed by atoms with E-state index in [2.05, 4.69) is 39.2 Å². The van der Waals surface area contributed by atoms with E-state index < -0.39 is 5.69 Å². The molecule has 6 heteroatoms. The lowest BCUT2D eigenvalue weighted by molar-refractivity contribution is 0.388. The van der Waals surface area contributed by atoms with Crippen LogP contribution in [0.2, 0.25) is 0 Å². The van der Waals surface area contributed by atoms with Gasteiger partial charge in [0.1, 0.15) is 5.82 Å². The first-order valence-electron chi connectivity index (χ1n) is 9.72. The minimum absolute atomic E-state index is 0.172. The fourth-order valence-electron chi connectivity index (χ4n) is 4.27. The molecule has 6 nitrogen and oxygen atoms in total. The monoisotopic (exact) mass is 376 g/mol. The molecule has 4 N–H and O–H groups in total. The number of H-pyrrole nitrogens is 2. The Balaban J connectivity index is 1.59. The van der Waals surface area contributed by atoms with Crippen molar-refractivity contribution in [2.75, 3.05) is 5.73 Å². The number of anilines is 1. The van der Waals surface area contributed by atoms with Crippen LogP contribution in [0.5, 0.6) is 0 Å². The van der Waals surface area contributed by atoms with Crippen LogP contribution in [0.15, 0.2) is 58.1 Å². The Morgan fingerprint density at radius 3 is 2.32 bits per heavy atom. The zero-order valence-corrected chi connectivity index (χ0v) is 15.7. The predicted octanol–water partition coefficient (Wildman–Crippen LogP) is 3.07. The summed E-state index contributed by atoms with van der Waals surface area (Å²) in [5.74, 6) is 1.12. The Morgan fingerprint density at radius 1 is 0.893 bits per heavy atom. The van der Waals surface area contributed by atoms with Gasteiger partial charge in [-0.15, -0.1) is 0 Å². The number of benzene rings is 1. The minimum atomic E-state index is -0.450. The summed E-state index contributed by atoms with van der Waals surface area (Å²) in [6.07, 6.45) is 4.32. The Hall–Kier alpha value is -3.15. The number of nitrogens with zero attached hydrogens (tertiary/aromatic N) is 1. The molecular formula is C22H24N4O2. The molecule has 144 valence electrons. The lowest BCUT2D eigenvalue weighted by Gasteiger charge is -2.29. The third kappa shape index (κ3) is 3.91. The van der Waals surface area contributed by atoms with Crippen LogP contribution in [0.4, 0.5) is 5.82 Å². The van der Waals surface area contributed by atoms with Crippen molar-refractivity contribution in [1.82, 2.24) is 15.0 Å². The van der Waals surface area contributed by atoms with Gasteiger partial charge in [0.15, 0.2) is 0 Å². The summed E-state index contributed by atoms with van der Waals surface area (Å²) < 4.78 is 0. The fraction of sp³-hybridized carbons (Fsp3) is 0.318. The average molecular weight is 376 g/mol. The topological polar surface area (TPSA) is 105 Å². The van der Waals surface area contributed by atoms with Crippen molar-refractivity contribution < 1.29 is 0 Å². The molecule has 0 unspecified atom stereocenters. The normalized spacial score (nSPS) is 19.4. The predicted molar refractivity (Wildman–Crippen MR) is 110 cm³/mol. The smallest absolute Gasteiger partial charge is 0.325 e. The number of nitrogens with one attached hydrogen (secondary N) is 2. The number of hydrogen-bond acceptors (Lipinski definition) is 4. The molecule has 3 aromatic rings. The third-order valence-corrected chi connectivity index (χ3v) is 5.67. The lowest BCUT2D eigenvalue weighted by atomic mass is 9.76. The molecule has 2 heterocycles. The molecule has 1 fully saturated rings. The molecule has 4 rings (SSSR count). The van der Waals surface area contributed by atoms with Crippen LogP contribution in [-0.2, 0) is 6.42 Å². The number of aromatic nitrogens is 3. The summed E-state index contributed by atoms with van der Waals surface area (Å²) in [6, 6.07) is 15.9. The van der Waals surface area contributed by atoms with Crippen molar-refractivity contribution >= 4 is 5.82 Å². The van der Waals surface area contributed by atoms with Crippen LogP contribution in [-0.4, -0.2) is 15.0 Å². The summed E-state index contributed by atoms with van der Waals surface area (Å²) in [7, 11) is 0. The highest BCUT2D eigenvalue weighted by molar-refractivity contribution is 5.33. The maximum atomic E-state index is 12.5. The average Bonchev–Trinajstić information content (AvgIpc) is 2.71. The van der Waals surface area contributed by atoms with Crippen molar-refractivity contribution in [3.05, 3.63) is 91.9 Å². The van der Waals surface area contributed by atoms with Crippen LogP contribution < -0.4 is 17.0 Å². The number of pyridine rings is 1. The maximum Gasteiger partial charge on any atom is 0.325 e. The number of nitrogens with two attached hydrogens (primary N) is 1. The van der Waals surface area contributed by atoms with Gasteiger partial charge in [-0.3, -0.25) is 9.78 Å². The Morgan fingerprint density at radius 2 is 1.61 bits per heavy atom. The van der Waals surface area contributed by atoms with Gasteiger partial charge < -0.3 is 10.7 Å². The van der Waals surface area contributed by atoms with E-state index in [1.54, 1.807) is 6.07 Å². The summed E-state index contributed by atoms with van der Waals surface area (Å²) in [4.78, 5) is 34.1. The number of hydrogen-bond donors (Lipinski definition) is 3. The molecule has 1 aliphatic carbocycles. The molecule has 0 bridgehead atoms. The van der Waals surface area contributed by atoms with Gasteiger partial charge in [0, 0.05) is 23.4 Å². The van der Waals surface area contributed by atoms with Gasteiger partial charge >= 0.3 is 5.69 Å². The molecule has 28 heavy (non-hydrogen) atoms. The second-order valence-corrected chi connectivity index (χ2v) is 7.49. The molecule has 1 saturated carbocycles. The van der Waals surface area contributed by atoms with Crippen LogP contribution in [0.25, 0.3) is 0 Å². The Labute approximate surface area is 162 Å². The van der Waals surface area contributed by atoms with E-state index in [1.807, 2.05) is 18.2 Å². The second-order valence-electron chi connectivity index (χ2n) is 7.49. The van der Waals surface area contributed by atoms with Crippen LogP contribution in [0.1, 0.15) is 60.0 Å². The molecular weight excluding hydrogens is 352 g/mol. The Bertz CT molecular complexity index is 1060. The maximum absolute atomic E-state index is 12.5. The van der Waals surface area contributed by atoms with Gasteiger partial charge in [0.05, 0.1) is 0 Å². The Kier molecular flexibility index (Phi) is 5.10. The number of nitrogen functional groups attached to an aromatic ring is 1. The highest BCUT2D eigenvalue weighted by Crippen LogP contribution is 2.40. The molecule has 1 aliphatic rings. The van der Waals surface area contributed by atoms with Gasteiger partial charge in [0.25, 0.3) is 5.56 Å². The first-order chi connectivity index (χ1) is 13.6. The number of aromatic amines is 2. The van der Waals surface area contributed by atoms with E-state index >= 15 is 0 Å². The van der Waals surface area contributed by atoms with Crippen molar-refractivity contribution in [3.63, 3.8) is 0 Å². The molecule has 1 aromatic carbocycles. The van der Waals surface area contributed by atoms with Gasteiger partial charge in [-0.05, 0) is 55.2 Å². The molecule has 0 atom stereocenters. The SMILES string of the molecule is Nc1cccc(Cc2c(C3CCC(c4ccccc4)CC3)[nH]c(=O)[nH]c2=O)n1. The standard InChI is InChI=1S/C22H24N4O2/c23-19-8-4-7-17(24-19)13-18-20(25-22(28)26-21(18)27)16-11-9-15(10-12-16)14-5-2-1-3-6-14/h1-8,15-16H,9-13H2,(H2,23,24)(H2,25,26,27,28). The van der Waals surface area contributed by atoms with E-state index in [1.165, 1.54) is 5.56 Å². The third-order valence-electron chi connectivity index (χ3n) is 5.67. The van der Waals surface area contributed by atoms with Gasteiger partial charge in [-0.25, -0.2) is 9.78 Å². The first kappa shape index (κ1) is 18.2. The quantitative estimate of drug-likeness (QED) is 0.651. The first-order valence-corrected chi connectivity index (χ1v) is 9.72. The van der Waals surface area contributed by atoms with Gasteiger partial charge in [0.2, 0.25) is 0 Å². The van der Waals surface area contributed by atoms with Crippen molar-refractivity contribution in [1.29, 1.82) is 0 Å². The molecule has 0 saturated heterocycles. The highest BCUT2D eigenvalue weighted by atomic mass is 16.2.